The number of ether oxygens (including phenoxy) is 3. The van der Waals surface area contributed by atoms with Gasteiger partial charge in [-0.25, -0.2) is 0 Å². The summed E-state index contributed by atoms with van der Waals surface area (Å²) in [5, 5.41) is 3.22. The molecular formula is C26H25ClN2O5. The van der Waals surface area contributed by atoms with Crippen molar-refractivity contribution in [1.29, 1.82) is 0 Å². The SMILES string of the molecule is Cc1ccc(OCCCN2C(=O)COc3ccc(NC(=O)COc4ccccc4Cl)cc32)cc1. The highest BCUT2D eigenvalue weighted by atomic mass is 35.5. The van der Waals surface area contributed by atoms with E-state index in [0.29, 0.717) is 47.5 Å². The molecule has 0 spiro atoms. The lowest BCUT2D eigenvalue weighted by atomic mass is 10.2. The number of anilines is 2. The molecule has 0 atom stereocenters. The van der Waals surface area contributed by atoms with Crippen LogP contribution in [0.2, 0.25) is 5.02 Å². The number of benzene rings is 3. The summed E-state index contributed by atoms with van der Waals surface area (Å²) in [4.78, 5) is 26.6. The molecular weight excluding hydrogens is 456 g/mol. The van der Waals surface area contributed by atoms with Gasteiger partial charge in [0.1, 0.15) is 17.2 Å². The van der Waals surface area contributed by atoms with Crippen LogP contribution in [0.1, 0.15) is 12.0 Å². The molecule has 176 valence electrons. The second-order valence-corrected chi connectivity index (χ2v) is 8.21. The normalized spacial score (nSPS) is 12.5. The highest BCUT2D eigenvalue weighted by Gasteiger charge is 2.25. The molecule has 0 aliphatic carbocycles. The van der Waals surface area contributed by atoms with Crippen LogP contribution in [0.4, 0.5) is 11.4 Å². The molecule has 0 aromatic heterocycles. The quantitative estimate of drug-likeness (QED) is 0.442. The number of hydrogen-bond acceptors (Lipinski definition) is 5. The van der Waals surface area contributed by atoms with Gasteiger partial charge in [-0.05, 0) is 55.8 Å². The number of nitrogens with one attached hydrogen (secondary N) is 1. The zero-order valence-corrected chi connectivity index (χ0v) is 19.5. The fraction of sp³-hybridized carbons (Fsp3) is 0.231. The monoisotopic (exact) mass is 480 g/mol. The minimum Gasteiger partial charge on any atom is -0.494 e. The second kappa shape index (κ2) is 10.9. The van der Waals surface area contributed by atoms with Crippen LogP contribution in [0.3, 0.4) is 0 Å². The number of aryl methyl sites for hydroxylation is 1. The van der Waals surface area contributed by atoms with Crippen molar-refractivity contribution in [2.45, 2.75) is 13.3 Å². The Kier molecular flexibility index (Phi) is 7.54. The topological polar surface area (TPSA) is 77.1 Å². The number of carbonyl (C=O) groups is 2. The van der Waals surface area contributed by atoms with Crippen LogP contribution < -0.4 is 24.4 Å². The minimum atomic E-state index is -0.346. The van der Waals surface area contributed by atoms with Crippen LogP contribution in [-0.2, 0) is 9.59 Å². The summed E-state index contributed by atoms with van der Waals surface area (Å²) in [7, 11) is 0. The number of rotatable bonds is 9. The molecule has 7 nitrogen and oxygen atoms in total. The van der Waals surface area contributed by atoms with E-state index in [4.69, 9.17) is 25.8 Å². The van der Waals surface area contributed by atoms with Crippen LogP contribution in [0.15, 0.2) is 66.7 Å². The minimum absolute atomic E-state index is 0.0246. The molecule has 34 heavy (non-hydrogen) atoms. The van der Waals surface area contributed by atoms with Crippen molar-refractivity contribution in [1.82, 2.24) is 0 Å². The number of nitrogens with zero attached hydrogens (tertiary/aromatic N) is 1. The summed E-state index contributed by atoms with van der Waals surface area (Å²) >= 11 is 6.05. The van der Waals surface area contributed by atoms with Gasteiger partial charge in [0, 0.05) is 12.2 Å². The van der Waals surface area contributed by atoms with Gasteiger partial charge in [-0.15, -0.1) is 0 Å². The molecule has 0 radical (unpaired) electrons. The van der Waals surface area contributed by atoms with E-state index in [1.54, 1.807) is 47.4 Å². The van der Waals surface area contributed by atoms with E-state index >= 15 is 0 Å². The van der Waals surface area contributed by atoms with Crippen molar-refractivity contribution < 1.29 is 23.8 Å². The Morgan fingerprint density at radius 3 is 2.68 bits per heavy atom. The average Bonchev–Trinajstić information content (AvgIpc) is 2.83. The van der Waals surface area contributed by atoms with Crippen molar-refractivity contribution >= 4 is 34.8 Å². The number of amides is 2. The van der Waals surface area contributed by atoms with E-state index in [1.165, 1.54) is 5.56 Å². The molecule has 0 fully saturated rings. The maximum atomic E-state index is 12.5. The van der Waals surface area contributed by atoms with Gasteiger partial charge in [0.05, 0.1) is 17.3 Å². The van der Waals surface area contributed by atoms with Gasteiger partial charge in [0.2, 0.25) is 0 Å². The number of halogens is 1. The molecule has 1 aliphatic rings. The van der Waals surface area contributed by atoms with E-state index in [9.17, 15) is 9.59 Å². The summed E-state index contributed by atoms with van der Waals surface area (Å²) in [6.45, 7) is 2.74. The lowest BCUT2D eigenvalue weighted by molar-refractivity contribution is -0.121. The Hall–Kier alpha value is -3.71. The van der Waals surface area contributed by atoms with Gasteiger partial charge in [-0.3, -0.25) is 9.59 Å². The molecule has 4 rings (SSSR count). The number of fused-ring (bicyclic) bond motifs is 1. The third kappa shape index (κ3) is 5.99. The Bertz CT molecular complexity index is 1170. The Morgan fingerprint density at radius 2 is 1.88 bits per heavy atom. The van der Waals surface area contributed by atoms with Gasteiger partial charge in [-0.2, -0.15) is 0 Å². The molecule has 1 heterocycles. The van der Waals surface area contributed by atoms with Crippen molar-refractivity contribution in [3.63, 3.8) is 0 Å². The van der Waals surface area contributed by atoms with E-state index in [2.05, 4.69) is 5.32 Å². The fourth-order valence-corrected chi connectivity index (χ4v) is 3.66. The lowest BCUT2D eigenvalue weighted by Crippen LogP contribution is -2.39. The lowest BCUT2D eigenvalue weighted by Gasteiger charge is -2.30. The zero-order chi connectivity index (χ0) is 23.9. The van der Waals surface area contributed by atoms with Crippen LogP contribution in [0.5, 0.6) is 17.2 Å². The van der Waals surface area contributed by atoms with Crippen molar-refractivity contribution in [2.24, 2.45) is 0 Å². The first-order valence-electron chi connectivity index (χ1n) is 10.9. The molecule has 1 aliphatic heterocycles. The molecule has 0 saturated heterocycles. The predicted molar refractivity (Wildman–Crippen MR) is 131 cm³/mol. The van der Waals surface area contributed by atoms with E-state index < -0.39 is 0 Å². The largest absolute Gasteiger partial charge is 0.494 e. The van der Waals surface area contributed by atoms with Crippen molar-refractivity contribution in [2.75, 3.05) is 36.6 Å². The molecule has 0 unspecified atom stereocenters. The number of carbonyl (C=O) groups excluding carboxylic acids is 2. The summed E-state index contributed by atoms with van der Waals surface area (Å²) < 4.78 is 16.8. The van der Waals surface area contributed by atoms with E-state index in [1.807, 2.05) is 31.2 Å². The summed E-state index contributed by atoms with van der Waals surface area (Å²) in [6, 6.07) is 20.0. The molecule has 3 aromatic carbocycles. The average molecular weight is 481 g/mol. The van der Waals surface area contributed by atoms with Gasteiger partial charge in [0.25, 0.3) is 11.8 Å². The summed E-state index contributed by atoms with van der Waals surface area (Å²) in [5.41, 5.74) is 2.31. The Balaban J connectivity index is 1.35. The first-order chi connectivity index (χ1) is 16.5. The maximum Gasteiger partial charge on any atom is 0.265 e. The van der Waals surface area contributed by atoms with Gasteiger partial charge in [0.15, 0.2) is 13.2 Å². The van der Waals surface area contributed by atoms with Crippen LogP contribution in [-0.4, -0.2) is 38.2 Å². The molecule has 1 N–H and O–H groups in total. The Morgan fingerprint density at radius 1 is 1.09 bits per heavy atom. The standard InChI is InChI=1S/C26H25ClN2O5/c1-18-7-10-20(11-8-18)32-14-4-13-29-22-15-19(9-12-24(22)34-17-26(29)31)28-25(30)16-33-23-6-3-2-5-21(23)27/h2-3,5-12,15H,4,13-14,16-17H2,1H3,(H,28,30). The number of hydrogen-bond donors (Lipinski definition) is 1. The molecule has 8 heteroatoms. The fourth-order valence-electron chi connectivity index (χ4n) is 3.47. The van der Waals surface area contributed by atoms with Gasteiger partial charge < -0.3 is 24.4 Å². The predicted octanol–water partition coefficient (Wildman–Crippen LogP) is 4.86. The molecule has 3 aromatic rings. The van der Waals surface area contributed by atoms with Crippen LogP contribution in [0.25, 0.3) is 0 Å². The number of para-hydroxylation sites is 1. The summed E-state index contributed by atoms with van der Waals surface area (Å²) in [6.07, 6.45) is 0.640. The third-order valence-electron chi connectivity index (χ3n) is 5.20. The third-order valence-corrected chi connectivity index (χ3v) is 5.51. The van der Waals surface area contributed by atoms with Crippen LogP contribution in [0, 0.1) is 6.92 Å². The van der Waals surface area contributed by atoms with E-state index in [0.717, 1.165) is 5.75 Å². The molecule has 0 saturated carbocycles. The van der Waals surface area contributed by atoms with Crippen LogP contribution >= 0.6 is 11.6 Å². The van der Waals surface area contributed by atoms with Crippen molar-refractivity contribution in [3.8, 4) is 17.2 Å². The van der Waals surface area contributed by atoms with Gasteiger partial charge >= 0.3 is 0 Å². The highest BCUT2D eigenvalue weighted by Crippen LogP contribution is 2.34. The highest BCUT2D eigenvalue weighted by molar-refractivity contribution is 6.32. The van der Waals surface area contributed by atoms with E-state index in [-0.39, 0.29) is 25.0 Å². The maximum absolute atomic E-state index is 12.5. The first-order valence-corrected chi connectivity index (χ1v) is 11.3. The first kappa shape index (κ1) is 23.4. The smallest absolute Gasteiger partial charge is 0.265 e. The Labute approximate surface area is 203 Å². The van der Waals surface area contributed by atoms with Gasteiger partial charge in [-0.1, -0.05) is 41.4 Å². The molecule has 2 amide bonds. The summed E-state index contributed by atoms with van der Waals surface area (Å²) in [5.74, 6) is 1.32. The second-order valence-electron chi connectivity index (χ2n) is 7.80. The van der Waals surface area contributed by atoms with Crippen molar-refractivity contribution in [3.05, 3.63) is 77.3 Å². The molecule has 0 bridgehead atoms. The zero-order valence-electron chi connectivity index (χ0n) is 18.8.